The minimum Gasteiger partial charge on any atom is -0.360 e. The lowest BCUT2D eigenvalue weighted by Gasteiger charge is -2.06. The number of carbonyl (C=O) groups excluding carboxylic acids is 1. The molecule has 1 amide bonds. The molecule has 7 heteroatoms. The molecule has 0 aliphatic carbocycles. The topological polar surface area (TPSA) is 66.9 Å². The van der Waals surface area contributed by atoms with Gasteiger partial charge in [-0.15, -0.1) is 10.2 Å². The van der Waals surface area contributed by atoms with Gasteiger partial charge in [0, 0.05) is 16.7 Å². The monoisotopic (exact) mass is 354 g/mol. The van der Waals surface area contributed by atoms with Gasteiger partial charge in [-0.25, -0.2) is 0 Å². The Bertz CT molecular complexity index is 614. The van der Waals surface area contributed by atoms with Crippen LogP contribution < -0.4 is 10.6 Å². The quantitative estimate of drug-likeness (QED) is 0.859. The Hall–Kier alpha value is -1.47. The number of amides is 1. The number of nitrogens with zero attached hydrogens (tertiary/aromatic N) is 2. The van der Waals surface area contributed by atoms with Gasteiger partial charge in [0.2, 0.25) is 10.1 Å². The molecule has 2 aromatic rings. The molecule has 0 bridgehead atoms. The number of hydrogen-bond donors (Lipinski definition) is 2. The van der Waals surface area contributed by atoms with E-state index in [1.165, 1.54) is 11.3 Å². The van der Waals surface area contributed by atoms with Crippen LogP contribution in [0.5, 0.6) is 0 Å². The summed E-state index contributed by atoms with van der Waals surface area (Å²) in [6, 6.07) is 5.69. The second-order valence-corrected chi connectivity index (χ2v) is 6.15. The van der Waals surface area contributed by atoms with Crippen molar-refractivity contribution < 1.29 is 4.79 Å². The van der Waals surface area contributed by atoms with Crippen LogP contribution in [0.3, 0.4) is 0 Å². The number of halogens is 1. The van der Waals surface area contributed by atoms with Crippen molar-refractivity contribution in [1.29, 1.82) is 0 Å². The molecular formula is C13H15BrN4OS. The van der Waals surface area contributed by atoms with Gasteiger partial charge in [0.05, 0.1) is 0 Å². The first-order chi connectivity index (χ1) is 9.60. The van der Waals surface area contributed by atoms with E-state index in [1.807, 2.05) is 25.1 Å². The SMILES string of the molecule is CCCNc1nnc(C(=O)Nc2ccc(Br)cc2C)s1. The van der Waals surface area contributed by atoms with E-state index in [1.54, 1.807) is 0 Å². The minimum absolute atomic E-state index is 0.238. The Morgan fingerprint density at radius 1 is 1.40 bits per heavy atom. The van der Waals surface area contributed by atoms with Crippen molar-refractivity contribution in [3.8, 4) is 0 Å². The molecule has 0 saturated heterocycles. The van der Waals surface area contributed by atoms with Crippen molar-refractivity contribution in [2.75, 3.05) is 17.2 Å². The number of aryl methyl sites for hydroxylation is 1. The Morgan fingerprint density at radius 3 is 2.90 bits per heavy atom. The van der Waals surface area contributed by atoms with Gasteiger partial charge in [-0.3, -0.25) is 4.79 Å². The van der Waals surface area contributed by atoms with Crippen molar-refractivity contribution in [2.45, 2.75) is 20.3 Å². The summed E-state index contributed by atoms with van der Waals surface area (Å²) in [4.78, 5) is 12.1. The predicted molar refractivity (Wildman–Crippen MR) is 85.5 cm³/mol. The van der Waals surface area contributed by atoms with E-state index in [-0.39, 0.29) is 5.91 Å². The third kappa shape index (κ3) is 3.77. The summed E-state index contributed by atoms with van der Waals surface area (Å²) in [7, 11) is 0. The summed E-state index contributed by atoms with van der Waals surface area (Å²) in [6.45, 7) is 4.83. The highest BCUT2D eigenvalue weighted by Gasteiger charge is 2.13. The highest BCUT2D eigenvalue weighted by molar-refractivity contribution is 9.10. The Kier molecular flexibility index (Phi) is 5.08. The van der Waals surface area contributed by atoms with Crippen molar-refractivity contribution >= 4 is 44.0 Å². The van der Waals surface area contributed by atoms with Gasteiger partial charge < -0.3 is 10.6 Å². The molecule has 0 radical (unpaired) electrons. The summed E-state index contributed by atoms with van der Waals surface area (Å²) < 4.78 is 0.981. The highest BCUT2D eigenvalue weighted by Crippen LogP contribution is 2.22. The average molecular weight is 355 g/mol. The maximum atomic E-state index is 12.1. The second kappa shape index (κ2) is 6.81. The molecule has 0 saturated carbocycles. The maximum absolute atomic E-state index is 12.1. The van der Waals surface area contributed by atoms with Crippen LogP contribution in [0.2, 0.25) is 0 Å². The molecule has 106 valence electrons. The fraction of sp³-hybridized carbons (Fsp3) is 0.308. The van der Waals surface area contributed by atoms with Crippen molar-refractivity contribution in [3.05, 3.63) is 33.2 Å². The molecule has 2 rings (SSSR count). The van der Waals surface area contributed by atoms with E-state index in [4.69, 9.17) is 0 Å². The van der Waals surface area contributed by atoms with Crippen molar-refractivity contribution in [2.24, 2.45) is 0 Å². The molecule has 0 aliphatic heterocycles. The summed E-state index contributed by atoms with van der Waals surface area (Å²) in [5, 5.41) is 14.8. The van der Waals surface area contributed by atoms with Crippen LogP contribution in [0.4, 0.5) is 10.8 Å². The van der Waals surface area contributed by atoms with Gasteiger partial charge >= 0.3 is 0 Å². The molecule has 0 fully saturated rings. The van der Waals surface area contributed by atoms with Gasteiger partial charge in [0.25, 0.3) is 5.91 Å². The fourth-order valence-electron chi connectivity index (χ4n) is 1.56. The Morgan fingerprint density at radius 2 is 2.20 bits per heavy atom. The third-order valence-electron chi connectivity index (χ3n) is 2.58. The van der Waals surface area contributed by atoms with Gasteiger partial charge in [-0.1, -0.05) is 34.2 Å². The zero-order chi connectivity index (χ0) is 14.5. The number of nitrogens with one attached hydrogen (secondary N) is 2. The lowest BCUT2D eigenvalue weighted by Crippen LogP contribution is -2.12. The Balaban J connectivity index is 2.06. The first kappa shape index (κ1) is 14.9. The smallest absolute Gasteiger partial charge is 0.286 e. The van der Waals surface area contributed by atoms with E-state index < -0.39 is 0 Å². The lowest BCUT2D eigenvalue weighted by atomic mass is 10.2. The molecule has 0 spiro atoms. The number of benzene rings is 1. The molecule has 0 unspecified atom stereocenters. The number of carbonyl (C=O) groups is 1. The van der Waals surface area contributed by atoms with Crippen LogP contribution in [0, 0.1) is 6.92 Å². The molecule has 0 atom stereocenters. The standard InChI is InChI=1S/C13H15BrN4OS/c1-3-6-15-13-18-17-12(20-13)11(19)16-10-5-4-9(14)7-8(10)2/h4-5,7H,3,6H2,1-2H3,(H,15,18)(H,16,19). The van der Waals surface area contributed by atoms with E-state index in [0.717, 1.165) is 28.7 Å². The summed E-state index contributed by atoms with van der Waals surface area (Å²) in [6.07, 6.45) is 0.999. The summed E-state index contributed by atoms with van der Waals surface area (Å²) in [5.74, 6) is -0.238. The number of aromatic nitrogens is 2. The van der Waals surface area contributed by atoms with E-state index in [0.29, 0.717) is 10.1 Å². The van der Waals surface area contributed by atoms with Gasteiger partial charge in [0.15, 0.2) is 0 Å². The van der Waals surface area contributed by atoms with Crippen LogP contribution in [0.25, 0.3) is 0 Å². The number of hydrogen-bond acceptors (Lipinski definition) is 5. The predicted octanol–water partition coefficient (Wildman–Crippen LogP) is 3.68. The zero-order valence-electron chi connectivity index (χ0n) is 11.2. The molecule has 2 N–H and O–H groups in total. The normalized spacial score (nSPS) is 10.3. The van der Waals surface area contributed by atoms with Gasteiger partial charge in [0.1, 0.15) is 0 Å². The van der Waals surface area contributed by atoms with Gasteiger partial charge in [-0.05, 0) is 37.1 Å². The zero-order valence-corrected chi connectivity index (χ0v) is 13.6. The van der Waals surface area contributed by atoms with Crippen LogP contribution in [0.1, 0.15) is 28.7 Å². The minimum atomic E-state index is -0.238. The first-order valence-corrected chi connectivity index (χ1v) is 7.86. The number of anilines is 2. The van der Waals surface area contributed by atoms with E-state index in [2.05, 4.69) is 43.7 Å². The summed E-state index contributed by atoms with van der Waals surface area (Å²) >= 11 is 4.65. The second-order valence-electron chi connectivity index (χ2n) is 4.25. The summed E-state index contributed by atoms with van der Waals surface area (Å²) in [5.41, 5.74) is 1.76. The molecule has 1 aromatic heterocycles. The lowest BCUT2D eigenvalue weighted by molar-refractivity contribution is 0.102. The Labute approximate surface area is 129 Å². The van der Waals surface area contributed by atoms with Crippen LogP contribution >= 0.6 is 27.3 Å². The largest absolute Gasteiger partial charge is 0.360 e. The average Bonchev–Trinajstić information content (AvgIpc) is 2.88. The van der Waals surface area contributed by atoms with Crippen LogP contribution in [-0.4, -0.2) is 22.6 Å². The maximum Gasteiger partial charge on any atom is 0.286 e. The molecule has 1 aromatic carbocycles. The number of rotatable bonds is 5. The molecule has 5 nitrogen and oxygen atoms in total. The fourth-order valence-corrected chi connectivity index (χ4v) is 2.70. The molecule has 1 heterocycles. The van der Waals surface area contributed by atoms with E-state index >= 15 is 0 Å². The molecule has 20 heavy (non-hydrogen) atoms. The van der Waals surface area contributed by atoms with Crippen LogP contribution in [-0.2, 0) is 0 Å². The third-order valence-corrected chi connectivity index (χ3v) is 3.96. The first-order valence-electron chi connectivity index (χ1n) is 6.25. The van der Waals surface area contributed by atoms with Gasteiger partial charge in [-0.2, -0.15) is 0 Å². The molecule has 0 aliphatic rings. The van der Waals surface area contributed by atoms with E-state index in [9.17, 15) is 4.79 Å². The molecular weight excluding hydrogens is 340 g/mol. The van der Waals surface area contributed by atoms with Crippen molar-refractivity contribution in [1.82, 2.24) is 10.2 Å². The highest BCUT2D eigenvalue weighted by atomic mass is 79.9. The van der Waals surface area contributed by atoms with Crippen LogP contribution in [0.15, 0.2) is 22.7 Å². The van der Waals surface area contributed by atoms with Crippen molar-refractivity contribution in [3.63, 3.8) is 0 Å².